The molecule has 2 aromatic rings. The van der Waals surface area contributed by atoms with Gasteiger partial charge in [0.1, 0.15) is 5.82 Å². The van der Waals surface area contributed by atoms with Crippen LogP contribution < -0.4 is 0 Å². The Hall–Kier alpha value is -1.64. The average molecular weight is 202 g/mol. The highest BCUT2D eigenvalue weighted by Gasteiger charge is 2.26. The zero-order chi connectivity index (χ0) is 10.4. The van der Waals surface area contributed by atoms with E-state index in [0.29, 0.717) is 11.6 Å². The zero-order valence-electron chi connectivity index (χ0n) is 8.28. The molecule has 0 radical (unpaired) electrons. The third-order valence-corrected chi connectivity index (χ3v) is 2.84. The average Bonchev–Trinajstić information content (AvgIpc) is 2.99. The zero-order valence-corrected chi connectivity index (χ0v) is 8.28. The summed E-state index contributed by atoms with van der Waals surface area (Å²) in [5.41, 5.74) is 1.45. The van der Waals surface area contributed by atoms with Gasteiger partial charge in [0.05, 0.1) is 17.8 Å². The van der Waals surface area contributed by atoms with Crippen molar-refractivity contribution in [3.05, 3.63) is 36.3 Å². The fourth-order valence-corrected chi connectivity index (χ4v) is 1.93. The summed E-state index contributed by atoms with van der Waals surface area (Å²) in [4.78, 5) is 0. The van der Waals surface area contributed by atoms with Gasteiger partial charge in [-0.3, -0.25) is 4.68 Å². The van der Waals surface area contributed by atoms with Gasteiger partial charge in [0.15, 0.2) is 0 Å². The Morgan fingerprint density at radius 3 is 2.93 bits per heavy atom. The molecule has 15 heavy (non-hydrogen) atoms. The maximum atomic E-state index is 13.5. The van der Waals surface area contributed by atoms with Gasteiger partial charge in [-0.1, -0.05) is 12.7 Å². The number of halogens is 1. The molecule has 0 spiro atoms. The summed E-state index contributed by atoms with van der Waals surface area (Å²) in [6.45, 7) is 3.66. The van der Waals surface area contributed by atoms with Crippen molar-refractivity contribution in [3.8, 4) is 0 Å². The van der Waals surface area contributed by atoms with Crippen LogP contribution in [0.3, 0.4) is 0 Å². The van der Waals surface area contributed by atoms with Crippen molar-refractivity contribution >= 4 is 17.0 Å². The number of benzene rings is 1. The maximum Gasteiger partial charge on any atom is 0.132 e. The lowest BCUT2D eigenvalue weighted by Gasteiger charge is -2.04. The van der Waals surface area contributed by atoms with E-state index in [1.54, 1.807) is 18.3 Å². The van der Waals surface area contributed by atoms with Crippen LogP contribution in [0, 0.1) is 5.82 Å². The van der Waals surface area contributed by atoms with Crippen LogP contribution in [0.25, 0.3) is 17.0 Å². The molecule has 1 aliphatic carbocycles. The third kappa shape index (κ3) is 1.19. The minimum absolute atomic E-state index is 0.222. The largest absolute Gasteiger partial charge is 0.261 e. The minimum atomic E-state index is -0.222. The Kier molecular flexibility index (Phi) is 1.69. The van der Waals surface area contributed by atoms with Crippen molar-refractivity contribution in [2.45, 2.75) is 18.9 Å². The van der Waals surface area contributed by atoms with E-state index in [0.717, 1.165) is 23.7 Å². The minimum Gasteiger partial charge on any atom is -0.261 e. The van der Waals surface area contributed by atoms with E-state index in [4.69, 9.17) is 0 Å². The Morgan fingerprint density at radius 2 is 2.27 bits per heavy atom. The van der Waals surface area contributed by atoms with E-state index in [-0.39, 0.29) is 5.82 Å². The molecule has 1 aliphatic rings. The molecule has 0 bridgehead atoms. The SMILES string of the molecule is C=Cc1c(F)ccc2cnn(C3CC3)c12. The van der Waals surface area contributed by atoms with Gasteiger partial charge in [-0.25, -0.2) is 4.39 Å². The number of nitrogens with zero attached hydrogens (tertiary/aromatic N) is 2. The molecule has 0 saturated heterocycles. The molecule has 1 saturated carbocycles. The summed E-state index contributed by atoms with van der Waals surface area (Å²) in [5, 5.41) is 5.29. The van der Waals surface area contributed by atoms with Crippen LogP contribution in [0.1, 0.15) is 24.4 Å². The molecule has 1 heterocycles. The molecule has 2 nitrogen and oxygen atoms in total. The Labute approximate surface area is 87.0 Å². The molecule has 76 valence electrons. The van der Waals surface area contributed by atoms with Gasteiger partial charge in [-0.05, 0) is 25.0 Å². The topological polar surface area (TPSA) is 17.8 Å². The number of fused-ring (bicyclic) bond motifs is 1. The van der Waals surface area contributed by atoms with Crippen molar-refractivity contribution in [2.75, 3.05) is 0 Å². The molecular formula is C12H11FN2. The molecular weight excluding hydrogens is 191 g/mol. The first-order valence-electron chi connectivity index (χ1n) is 5.09. The third-order valence-electron chi connectivity index (χ3n) is 2.84. The Bertz CT molecular complexity index is 538. The van der Waals surface area contributed by atoms with E-state index in [1.807, 2.05) is 4.68 Å². The van der Waals surface area contributed by atoms with Crippen LogP contribution >= 0.6 is 0 Å². The quantitative estimate of drug-likeness (QED) is 0.731. The van der Waals surface area contributed by atoms with Crippen LogP contribution in [0.5, 0.6) is 0 Å². The summed E-state index contributed by atoms with van der Waals surface area (Å²) in [5.74, 6) is -0.222. The molecule has 1 aromatic carbocycles. The van der Waals surface area contributed by atoms with Crippen LogP contribution in [0.15, 0.2) is 24.9 Å². The second-order valence-electron chi connectivity index (χ2n) is 3.92. The first-order valence-corrected chi connectivity index (χ1v) is 5.09. The number of rotatable bonds is 2. The van der Waals surface area contributed by atoms with Crippen molar-refractivity contribution in [3.63, 3.8) is 0 Å². The normalized spacial score (nSPS) is 15.8. The Morgan fingerprint density at radius 1 is 1.47 bits per heavy atom. The fraction of sp³-hybridized carbons (Fsp3) is 0.250. The number of hydrogen-bond donors (Lipinski definition) is 0. The summed E-state index contributed by atoms with van der Waals surface area (Å²) in [7, 11) is 0. The van der Waals surface area contributed by atoms with Crippen LogP contribution in [0.4, 0.5) is 4.39 Å². The smallest absolute Gasteiger partial charge is 0.132 e. The predicted molar refractivity (Wildman–Crippen MR) is 58.1 cm³/mol. The first-order chi connectivity index (χ1) is 7.31. The van der Waals surface area contributed by atoms with Gasteiger partial charge in [-0.15, -0.1) is 0 Å². The maximum absolute atomic E-state index is 13.5. The molecule has 0 aliphatic heterocycles. The molecule has 3 rings (SSSR count). The van der Waals surface area contributed by atoms with E-state index in [9.17, 15) is 4.39 Å². The van der Waals surface area contributed by atoms with Gasteiger partial charge in [-0.2, -0.15) is 5.10 Å². The monoisotopic (exact) mass is 202 g/mol. The molecule has 0 atom stereocenters. The van der Waals surface area contributed by atoms with Crippen molar-refractivity contribution in [2.24, 2.45) is 0 Å². The highest BCUT2D eigenvalue weighted by molar-refractivity contribution is 5.87. The van der Waals surface area contributed by atoms with Crippen molar-refractivity contribution < 1.29 is 4.39 Å². The lowest BCUT2D eigenvalue weighted by molar-refractivity contribution is 0.621. The van der Waals surface area contributed by atoms with E-state index >= 15 is 0 Å². The summed E-state index contributed by atoms with van der Waals surface area (Å²) < 4.78 is 15.5. The van der Waals surface area contributed by atoms with E-state index < -0.39 is 0 Å². The summed E-state index contributed by atoms with van der Waals surface area (Å²) in [6.07, 6.45) is 5.64. The van der Waals surface area contributed by atoms with Gasteiger partial charge in [0.2, 0.25) is 0 Å². The van der Waals surface area contributed by atoms with Crippen molar-refractivity contribution in [1.29, 1.82) is 0 Å². The summed E-state index contributed by atoms with van der Waals surface area (Å²) >= 11 is 0. The fourth-order valence-electron chi connectivity index (χ4n) is 1.93. The van der Waals surface area contributed by atoms with E-state index in [2.05, 4.69) is 11.7 Å². The van der Waals surface area contributed by atoms with Crippen LogP contribution in [-0.4, -0.2) is 9.78 Å². The molecule has 0 unspecified atom stereocenters. The highest BCUT2D eigenvalue weighted by atomic mass is 19.1. The number of hydrogen-bond acceptors (Lipinski definition) is 1. The molecule has 0 N–H and O–H groups in total. The standard InChI is InChI=1S/C12H11FN2/c1-2-10-11(13)6-3-8-7-14-15(12(8)10)9-4-5-9/h2-3,6-7,9H,1,4-5H2. The lowest BCUT2D eigenvalue weighted by atomic mass is 10.1. The van der Waals surface area contributed by atoms with Crippen LogP contribution in [-0.2, 0) is 0 Å². The molecule has 0 amide bonds. The van der Waals surface area contributed by atoms with E-state index in [1.165, 1.54) is 6.07 Å². The molecule has 1 aromatic heterocycles. The van der Waals surface area contributed by atoms with Gasteiger partial charge < -0.3 is 0 Å². The van der Waals surface area contributed by atoms with Crippen molar-refractivity contribution in [1.82, 2.24) is 9.78 Å². The molecule has 3 heteroatoms. The first kappa shape index (κ1) is 8.65. The predicted octanol–water partition coefficient (Wildman–Crippen LogP) is 3.15. The van der Waals surface area contributed by atoms with Crippen LogP contribution in [0.2, 0.25) is 0 Å². The van der Waals surface area contributed by atoms with Gasteiger partial charge >= 0.3 is 0 Å². The second-order valence-corrected chi connectivity index (χ2v) is 3.92. The van der Waals surface area contributed by atoms with Gasteiger partial charge in [0, 0.05) is 10.9 Å². The highest BCUT2D eigenvalue weighted by Crippen LogP contribution is 2.37. The molecule has 1 fully saturated rings. The number of aromatic nitrogens is 2. The van der Waals surface area contributed by atoms with Gasteiger partial charge in [0.25, 0.3) is 0 Å². The second kappa shape index (κ2) is 2.92. The summed E-state index contributed by atoms with van der Waals surface area (Å²) in [6, 6.07) is 3.70. The lowest BCUT2D eigenvalue weighted by Crippen LogP contribution is -1.98. The Balaban J connectivity index is 2.37.